The maximum atomic E-state index is 13.7. The first-order valence-electron chi connectivity index (χ1n) is 5.79. The molecule has 0 aliphatic carbocycles. The van der Waals surface area contributed by atoms with Crippen molar-refractivity contribution in [3.63, 3.8) is 0 Å². The third-order valence-corrected chi connectivity index (χ3v) is 3.59. The van der Waals surface area contributed by atoms with E-state index in [1.807, 2.05) is 6.07 Å². The minimum absolute atomic E-state index is 0.00744. The van der Waals surface area contributed by atoms with Crippen molar-refractivity contribution in [2.45, 2.75) is 6.92 Å². The Morgan fingerprint density at radius 3 is 2.47 bits per heavy atom. The van der Waals surface area contributed by atoms with Gasteiger partial charge >= 0.3 is 0 Å². The zero-order chi connectivity index (χ0) is 14.0. The van der Waals surface area contributed by atoms with Gasteiger partial charge < -0.3 is 4.90 Å². The molecule has 0 amide bonds. The molecule has 98 valence electrons. The molecule has 2 aromatic carbocycles. The van der Waals surface area contributed by atoms with Gasteiger partial charge in [-0.05, 0) is 53.2 Å². The number of carbonyl (C=O) groups excluding carboxylic acids is 1. The van der Waals surface area contributed by atoms with Crippen LogP contribution in [0.4, 0.5) is 15.8 Å². The van der Waals surface area contributed by atoms with Gasteiger partial charge in [-0.3, -0.25) is 4.79 Å². The minimum Gasteiger partial charge on any atom is -0.342 e. The molecule has 0 bridgehead atoms. The fraction of sp³-hybridized carbons (Fsp3) is 0.133. The maximum Gasteiger partial charge on any atom is 0.160 e. The summed E-state index contributed by atoms with van der Waals surface area (Å²) in [6.45, 7) is 1.51. The van der Waals surface area contributed by atoms with Gasteiger partial charge in [-0.2, -0.15) is 0 Å². The molecule has 0 spiro atoms. The van der Waals surface area contributed by atoms with Crippen LogP contribution in [-0.4, -0.2) is 12.8 Å². The molecular formula is C15H13BrFNO. The van der Waals surface area contributed by atoms with Crippen LogP contribution in [0.25, 0.3) is 0 Å². The van der Waals surface area contributed by atoms with Crippen LogP contribution in [-0.2, 0) is 0 Å². The van der Waals surface area contributed by atoms with Crippen molar-refractivity contribution in [1.29, 1.82) is 0 Å². The number of carbonyl (C=O) groups is 1. The van der Waals surface area contributed by atoms with E-state index < -0.39 is 0 Å². The summed E-state index contributed by atoms with van der Waals surface area (Å²) in [5, 5.41) is 0. The molecule has 0 fully saturated rings. The zero-order valence-electron chi connectivity index (χ0n) is 10.7. The van der Waals surface area contributed by atoms with Crippen LogP contribution in [0.2, 0.25) is 0 Å². The van der Waals surface area contributed by atoms with E-state index in [0.29, 0.717) is 15.7 Å². The average Bonchev–Trinajstić information content (AvgIpc) is 2.38. The minimum atomic E-state index is -0.281. The molecule has 0 aliphatic heterocycles. The number of nitrogens with zero attached hydrogens (tertiary/aromatic N) is 1. The van der Waals surface area contributed by atoms with E-state index in [-0.39, 0.29) is 11.6 Å². The van der Waals surface area contributed by atoms with Gasteiger partial charge in [0.25, 0.3) is 0 Å². The van der Waals surface area contributed by atoms with Crippen molar-refractivity contribution in [2.75, 3.05) is 11.9 Å². The molecular weight excluding hydrogens is 309 g/mol. The molecule has 0 aromatic heterocycles. The number of hydrogen-bond donors (Lipinski definition) is 0. The molecule has 2 rings (SSSR count). The monoisotopic (exact) mass is 321 g/mol. The van der Waals surface area contributed by atoms with Crippen LogP contribution >= 0.6 is 15.9 Å². The second kappa shape index (κ2) is 5.53. The molecule has 4 heteroatoms. The molecule has 19 heavy (non-hydrogen) atoms. The van der Waals surface area contributed by atoms with E-state index in [4.69, 9.17) is 0 Å². The predicted molar refractivity (Wildman–Crippen MR) is 78.6 cm³/mol. The van der Waals surface area contributed by atoms with Crippen molar-refractivity contribution >= 4 is 33.1 Å². The van der Waals surface area contributed by atoms with Gasteiger partial charge in [0.05, 0.1) is 5.69 Å². The lowest BCUT2D eigenvalue weighted by Gasteiger charge is -2.20. The highest BCUT2D eigenvalue weighted by Crippen LogP contribution is 2.29. The molecule has 0 saturated heterocycles. The first-order valence-corrected chi connectivity index (χ1v) is 6.58. The number of rotatable bonds is 3. The SMILES string of the molecule is CC(=O)c1ccc(N(C)c2ccccc2F)cc1Br. The van der Waals surface area contributed by atoms with Gasteiger partial charge in [0.1, 0.15) is 5.82 Å². The second-order valence-corrected chi connectivity index (χ2v) is 5.09. The highest BCUT2D eigenvalue weighted by atomic mass is 79.9. The lowest BCUT2D eigenvalue weighted by atomic mass is 10.1. The smallest absolute Gasteiger partial charge is 0.160 e. The maximum absolute atomic E-state index is 13.7. The number of halogens is 2. The quantitative estimate of drug-likeness (QED) is 0.772. The summed E-state index contributed by atoms with van der Waals surface area (Å²) >= 11 is 3.37. The molecule has 0 atom stereocenters. The highest BCUT2D eigenvalue weighted by Gasteiger charge is 2.11. The molecule has 0 saturated carbocycles. The highest BCUT2D eigenvalue weighted by molar-refractivity contribution is 9.10. The number of ketones is 1. The molecule has 0 radical (unpaired) electrons. The first kappa shape index (κ1) is 13.7. The lowest BCUT2D eigenvalue weighted by molar-refractivity contribution is 0.101. The summed E-state index contributed by atoms with van der Waals surface area (Å²) in [6.07, 6.45) is 0. The van der Waals surface area contributed by atoms with Crippen LogP contribution < -0.4 is 4.90 Å². The fourth-order valence-electron chi connectivity index (χ4n) is 1.86. The Hall–Kier alpha value is -1.68. The summed E-state index contributed by atoms with van der Waals surface area (Å²) in [5.41, 5.74) is 1.91. The van der Waals surface area contributed by atoms with Gasteiger partial charge in [0.15, 0.2) is 5.78 Å². The molecule has 0 N–H and O–H groups in total. The van der Waals surface area contributed by atoms with E-state index in [2.05, 4.69) is 15.9 Å². The van der Waals surface area contributed by atoms with Crippen molar-refractivity contribution < 1.29 is 9.18 Å². The van der Waals surface area contributed by atoms with Gasteiger partial charge in [-0.15, -0.1) is 0 Å². The number of Topliss-reactive ketones (excluding diaryl/α,β-unsaturated/α-hetero) is 1. The number of benzene rings is 2. The van der Waals surface area contributed by atoms with Gasteiger partial charge in [0.2, 0.25) is 0 Å². The van der Waals surface area contributed by atoms with Crippen LogP contribution in [0.5, 0.6) is 0 Å². The Balaban J connectivity index is 2.40. The number of hydrogen-bond acceptors (Lipinski definition) is 2. The number of anilines is 2. The Labute approximate surface area is 120 Å². The first-order chi connectivity index (χ1) is 9.00. The molecule has 0 aliphatic rings. The van der Waals surface area contributed by atoms with Crippen molar-refractivity contribution in [3.8, 4) is 0 Å². The van der Waals surface area contributed by atoms with E-state index in [9.17, 15) is 9.18 Å². The second-order valence-electron chi connectivity index (χ2n) is 4.23. The van der Waals surface area contributed by atoms with Crippen LogP contribution in [0, 0.1) is 5.82 Å². The molecule has 0 unspecified atom stereocenters. The van der Waals surface area contributed by atoms with Crippen LogP contribution in [0.15, 0.2) is 46.9 Å². The normalized spacial score (nSPS) is 10.3. The van der Waals surface area contributed by atoms with Crippen molar-refractivity contribution in [3.05, 3.63) is 58.3 Å². The lowest BCUT2D eigenvalue weighted by Crippen LogP contribution is -2.11. The predicted octanol–water partition coefficient (Wildman–Crippen LogP) is 4.56. The zero-order valence-corrected chi connectivity index (χ0v) is 12.2. The van der Waals surface area contributed by atoms with Gasteiger partial charge in [-0.1, -0.05) is 12.1 Å². The van der Waals surface area contributed by atoms with E-state index >= 15 is 0 Å². The largest absolute Gasteiger partial charge is 0.342 e. The summed E-state index contributed by atoms with van der Waals surface area (Å²) < 4.78 is 14.4. The third-order valence-electron chi connectivity index (χ3n) is 2.93. The number of para-hydroxylation sites is 1. The topological polar surface area (TPSA) is 20.3 Å². The van der Waals surface area contributed by atoms with Gasteiger partial charge in [-0.25, -0.2) is 4.39 Å². The standard InChI is InChI=1S/C15H13BrFNO/c1-10(19)12-8-7-11(9-13(12)16)18(2)15-6-4-3-5-14(15)17/h3-9H,1-2H3. The van der Waals surface area contributed by atoms with Crippen LogP contribution in [0.3, 0.4) is 0 Å². The van der Waals surface area contributed by atoms with Gasteiger partial charge in [0, 0.05) is 22.8 Å². The summed E-state index contributed by atoms with van der Waals surface area (Å²) in [6, 6.07) is 11.9. The summed E-state index contributed by atoms with van der Waals surface area (Å²) in [4.78, 5) is 13.1. The van der Waals surface area contributed by atoms with E-state index in [1.165, 1.54) is 13.0 Å². The Morgan fingerprint density at radius 2 is 1.89 bits per heavy atom. The van der Waals surface area contributed by atoms with Crippen molar-refractivity contribution in [1.82, 2.24) is 0 Å². The van der Waals surface area contributed by atoms with E-state index in [1.54, 1.807) is 42.3 Å². The molecule has 2 aromatic rings. The summed E-state index contributed by atoms with van der Waals surface area (Å²) in [7, 11) is 1.79. The molecule has 0 heterocycles. The fourth-order valence-corrected chi connectivity index (χ4v) is 2.51. The summed E-state index contributed by atoms with van der Waals surface area (Å²) in [5.74, 6) is -0.288. The molecule has 2 nitrogen and oxygen atoms in total. The van der Waals surface area contributed by atoms with Crippen molar-refractivity contribution in [2.24, 2.45) is 0 Å². The Morgan fingerprint density at radius 1 is 1.21 bits per heavy atom. The third kappa shape index (κ3) is 2.84. The Bertz CT molecular complexity index is 627. The average molecular weight is 322 g/mol. The van der Waals surface area contributed by atoms with E-state index in [0.717, 1.165) is 5.69 Å². The Kier molecular flexibility index (Phi) is 4.00. The van der Waals surface area contributed by atoms with Crippen LogP contribution in [0.1, 0.15) is 17.3 Å².